The molecule has 0 amide bonds. The molecular weight excluding hydrogens is 172 g/mol. The third-order valence-corrected chi connectivity index (χ3v) is 3.95. The van der Waals surface area contributed by atoms with Crippen molar-refractivity contribution < 1.29 is 4.79 Å². The predicted octanol–water partition coefficient (Wildman–Crippen LogP) is 2.70. The number of carbonyl (C=O) groups excluding carboxylic acids is 1. The highest BCUT2D eigenvalue weighted by Gasteiger charge is 2.52. The first-order chi connectivity index (χ1) is 6.81. The van der Waals surface area contributed by atoms with Crippen molar-refractivity contribution in [1.29, 1.82) is 0 Å². The number of benzene rings is 1. The van der Waals surface area contributed by atoms with Crippen molar-refractivity contribution in [3.8, 4) is 0 Å². The van der Waals surface area contributed by atoms with Crippen molar-refractivity contribution >= 4 is 5.78 Å². The summed E-state index contributed by atoms with van der Waals surface area (Å²) in [6.07, 6.45) is 4.27. The highest BCUT2D eigenvalue weighted by atomic mass is 16.1. The Kier molecular flexibility index (Phi) is 1.58. The Labute approximate surface area is 84.1 Å². The summed E-state index contributed by atoms with van der Waals surface area (Å²) in [5.41, 5.74) is 1.18. The Hall–Kier alpha value is -1.11. The molecule has 0 aliphatic heterocycles. The van der Waals surface area contributed by atoms with E-state index in [1.807, 2.05) is 18.2 Å². The van der Waals surface area contributed by atoms with Gasteiger partial charge in [0.2, 0.25) is 0 Å². The van der Waals surface area contributed by atoms with Crippen LogP contribution in [-0.2, 0) is 10.2 Å². The molecule has 2 bridgehead atoms. The molecular formula is C13H14O. The number of fused-ring (bicyclic) bond motifs is 2. The maximum Gasteiger partial charge on any atom is 0.143 e. The lowest BCUT2D eigenvalue weighted by Gasteiger charge is -2.25. The Morgan fingerprint density at radius 1 is 1.21 bits per heavy atom. The fourth-order valence-corrected chi connectivity index (χ4v) is 3.21. The van der Waals surface area contributed by atoms with Gasteiger partial charge in [-0.05, 0) is 30.7 Å². The Balaban J connectivity index is 2.08. The quantitative estimate of drug-likeness (QED) is 0.659. The zero-order chi connectivity index (χ0) is 9.60. The fraction of sp³-hybridized carbons (Fsp3) is 0.462. The van der Waals surface area contributed by atoms with Crippen molar-refractivity contribution in [2.24, 2.45) is 5.92 Å². The first-order valence-electron chi connectivity index (χ1n) is 5.40. The van der Waals surface area contributed by atoms with Gasteiger partial charge in [0.15, 0.2) is 0 Å². The van der Waals surface area contributed by atoms with E-state index in [4.69, 9.17) is 0 Å². The van der Waals surface area contributed by atoms with Gasteiger partial charge in [-0.3, -0.25) is 4.79 Å². The van der Waals surface area contributed by atoms with Crippen LogP contribution in [0.4, 0.5) is 0 Å². The van der Waals surface area contributed by atoms with Crippen molar-refractivity contribution in [2.45, 2.75) is 31.1 Å². The normalized spacial score (nSPS) is 35.1. The van der Waals surface area contributed by atoms with E-state index in [-0.39, 0.29) is 5.41 Å². The molecule has 72 valence electrons. The van der Waals surface area contributed by atoms with E-state index in [9.17, 15) is 4.79 Å². The first-order valence-corrected chi connectivity index (χ1v) is 5.40. The molecule has 1 heteroatoms. The number of hydrogen-bond donors (Lipinski definition) is 0. The van der Waals surface area contributed by atoms with Gasteiger partial charge >= 0.3 is 0 Å². The van der Waals surface area contributed by atoms with E-state index in [2.05, 4.69) is 12.1 Å². The van der Waals surface area contributed by atoms with Gasteiger partial charge < -0.3 is 0 Å². The first kappa shape index (κ1) is 8.22. The third-order valence-electron chi connectivity index (χ3n) is 3.95. The lowest BCUT2D eigenvalue weighted by molar-refractivity contribution is -0.123. The van der Waals surface area contributed by atoms with Crippen LogP contribution in [0.3, 0.4) is 0 Å². The van der Waals surface area contributed by atoms with Crippen LogP contribution >= 0.6 is 0 Å². The van der Waals surface area contributed by atoms with Gasteiger partial charge in [0.25, 0.3) is 0 Å². The van der Waals surface area contributed by atoms with Crippen LogP contribution in [0.1, 0.15) is 31.2 Å². The second-order valence-corrected chi connectivity index (χ2v) is 4.68. The lowest BCUT2D eigenvalue weighted by atomic mass is 9.77. The summed E-state index contributed by atoms with van der Waals surface area (Å²) >= 11 is 0. The Morgan fingerprint density at radius 3 is 2.57 bits per heavy atom. The largest absolute Gasteiger partial charge is 0.299 e. The molecule has 3 rings (SSSR count). The molecule has 0 N–H and O–H groups in total. The minimum atomic E-state index is -0.0775. The molecule has 1 aromatic rings. The minimum absolute atomic E-state index is 0.0775. The van der Waals surface area contributed by atoms with Gasteiger partial charge in [-0.1, -0.05) is 30.3 Å². The topological polar surface area (TPSA) is 17.1 Å². The van der Waals surface area contributed by atoms with Gasteiger partial charge in [-0.2, -0.15) is 0 Å². The summed E-state index contributed by atoms with van der Waals surface area (Å²) in [5, 5.41) is 0. The summed E-state index contributed by atoms with van der Waals surface area (Å²) < 4.78 is 0. The maximum atomic E-state index is 12.0. The molecule has 1 aromatic carbocycles. The van der Waals surface area contributed by atoms with Crippen LogP contribution < -0.4 is 0 Å². The number of hydrogen-bond acceptors (Lipinski definition) is 1. The maximum absolute atomic E-state index is 12.0. The summed E-state index contributed by atoms with van der Waals surface area (Å²) in [5.74, 6) is 1.17. The van der Waals surface area contributed by atoms with Gasteiger partial charge in [0.05, 0.1) is 5.41 Å². The second-order valence-electron chi connectivity index (χ2n) is 4.68. The smallest absolute Gasteiger partial charge is 0.143 e. The molecule has 0 heterocycles. The molecule has 1 nitrogen and oxygen atoms in total. The van der Waals surface area contributed by atoms with Crippen LogP contribution in [0, 0.1) is 5.92 Å². The molecule has 0 spiro atoms. The molecule has 2 aliphatic carbocycles. The average molecular weight is 186 g/mol. The molecule has 2 saturated carbocycles. The number of rotatable bonds is 1. The molecule has 0 aromatic heterocycles. The predicted molar refractivity (Wildman–Crippen MR) is 55.1 cm³/mol. The second kappa shape index (κ2) is 2.69. The summed E-state index contributed by atoms with van der Waals surface area (Å²) in [4.78, 5) is 12.0. The van der Waals surface area contributed by atoms with Gasteiger partial charge in [0, 0.05) is 6.42 Å². The van der Waals surface area contributed by atoms with Crippen LogP contribution in [0.2, 0.25) is 0 Å². The molecule has 2 unspecified atom stereocenters. The van der Waals surface area contributed by atoms with Crippen LogP contribution in [0.5, 0.6) is 0 Å². The SMILES string of the molecule is O=C1CC2CCC1(c1ccccc1)C2. The molecule has 2 aliphatic rings. The summed E-state index contributed by atoms with van der Waals surface area (Å²) in [7, 11) is 0. The van der Waals surface area contributed by atoms with E-state index >= 15 is 0 Å². The van der Waals surface area contributed by atoms with Gasteiger partial charge in [-0.15, -0.1) is 0 Å². The van der Waals surface area contributed by atoms with Gasteiger partial charge in [0.1, 0.15) is 5.78 Å². The highest BCUT2D eigenvalue weighted by Crippen LogP contribution is 2.52. The van der Waals surface area contributed by atoms with Crippen molar-refractivity contribution in [3.05, 3.63) is 35.9 Å². The summed E-state index contributed by atoms with van der Waals surface area (Å²) in [6, 6.07) is 10.3. The van der Waals surface area contributed by atoms with Crippen LogP contribution in [0.15, 0.2) is 30.3 Å². The molecule has 2 fully saturated rings. The van der Waals surface area contributed by atoms with Crippen molar-refractivity contribution in [2.75, 3.05) is 0 Å². The Bertz CT molecular complexity index is 368. The van der Waals surface area contributed by atoms with Crippen molar-refractivity contribution in [3.63, 3.8) is 0 Å². The highest BCUT2D eigenvalue weighted by molar-refractivity contribution is 5.93. The van der Waals surface area contributed by atoms with Crippen LogP contribution in [0.25, 0.3) is 0 Å². The van der Waals surface area contributed by atoms with E-state index in [1.165, 1.54) is 12.0 Å². The number of ketones is 1. The van der Waals surface area contributed by atoms with Gasteiger partial charge in [-0.25, -0.2) is 0 Å². The molecule has 0 saturated heterocycles. The monoisotopic (exact) mass is 186 g/mol. The molecule has 14 heavy (non-hydrogen) atoms. The number of Topliss-reactive ketones (excluding diaryl/α,β-unsaturated/α-hetero) is 1. The molecule has 0 radical (unpaired) electrons. The standard InChI is InChI=1S/C13H14O/c14-12-8-10-6-7-13(12,9-10)11-4-2-1-3-5-11/h1-5,10H,6-9H2. The van der Waals surface area contributed by atoms with E-state index in [0.717, 1.165) is 19.3 Å². The van der Waals surface area contributed by atoms with E-state index in [0.29, 0.717) is 11.7 Å². The fourth-order valence-electron chi connectivity index (χ4n) is 3.21. The van der Waals surface area contributed by atoms with E-state index in [1.54, 1.807) is 0 Å². The number of carbonyl (C=O) groups is 1. The Morgan fingerprint density at radius 2 is 2.00 bits per heavy atom. The minimum Gasteiger partial charge on any atom is -0.299 e. The molecule has 2 atom stereocenters. The van der Waals surface area contributed by atoms with E-state index < -0.39 is 0 Å². The summed E-state index contributed by atoms with van der Waals surface area (Å²) in [6.45, 7) is 0. The third kappa shape index (κ3) is 0.927. The van der Waals surface area contributed by atoms with Crippen molar-refractivity contribution in [1.82, 2.24) is 0 Å². The average Bonchev–Trinajstić information content (AvgIpc) is 2.77. The zero-order valence-electron chi connectivity index (χ0n) is 8.20. The van der Waals surface area contributed by atoms with Crippen LogP contribution in [-0.4, -0.2) is 5.78 Å². The zero-order valence-corrected chi connectivity index (χ0v) is 8.20. The lowest BCUT2D eigenvalue weighted by Crippen LogP contribution is -2.29.